The lowest BCUT2D eigenvalue weighted by Crippen LogP contribution is -2.37. The lowest BCUT2D eigenvalue weighted by atomic mass is 9.92. The second-order valence-electron chi connectivity index (χ2n) is 7.56. The molecule has 1 saturated heterocycles. The van der Waals surface area contributed by atoms with Crippen LogP contribution in [0.3, 0.4) is 0 Å². The Labute approximate surface area is 176 Å². The van der Waals surface area contributed by atoms with E-state index in [2.05, 4.69) is 29.9 Å². The minimum Gasteiger partial charge on any atom is -0.406 e. The number of aromatic amines is 1. The summed E-state index contributed by atoms with van der Waals surface area (Å²) in [5.41, 5.74) is 1.18. The first kappa shape index (κ1) is 21.0. The number of aromatic nitrogens is 3. The van der Waals surface area contributed by atoms with Crippen LogP contribution in [0.2, 0.25) is 0 Å². The Kier molecular flexibility index (Phi) is 5.97. The van der Waals surface area contributed by atoms with Gasteiger partial charge in [-0.25, -0.2) is 9.97 Å². The van der Waals surface area contributed by atoms with Crippen molar-refractivity contribution in [2.45, 2.75) is 25.6 Å². The molecule has 3 aromatic rings. The molecular weight excluding hydrogens is 411 g/mol. The molecule has 0 aliphatic carbocycles. The maximum atomic E-state index is 12.5. The van der Waals surface area contributed by atoms with Crippen LogP contribution >= 0.6 is 0 Å². The second-order valence-corrected chi connectivity index (χ2v) is 7.56. The fraction of sp³-hybridized carbons (Fsp3) is 0.381. The van der Waals surface area contributed by atoms with Gasteiger partial charge in [0.15, 0.2) is 5.78 Å². The van der Waals surface area contributed by atoms with E-state index in [-0.39, 0.29) is 24.0 Å². The predicted molar refractivity (Wildman–Crippen MR) is 110 cm³/mol. The Hall–Kier alpha value is -3.30. The van der Waals surface area contributed by atoms with Crippen molar-refractivity contribution < 1.29 is 22.7 Å². The molecule has 4 rings (SSSR count). The summed E-state index contributed by atoms with van der Waals surface area (Å²) in [6.07, 6.45) is 0.898. The molecule has 1 atom stereocenters. The fourth-order valence-corrected chi connectivity index (χ4v) is 3.93. The summed E-state index contributed by atoms with van der Waals surface area (Å²) < 4.78 is 41.0. The number of halogens is 3. The molecule has 7 nitrogen and oxygen atoms in total. The van der Waals surface area contributed by atoms with E-state index in [0.717, 1.165) is 42.8 Å². The number of ketones is 1. The second kappa shape index (κ2) is 8.83. The van der Waals surface area contributed by atoms with Crippen LogP contribution in [0.4, 0.5) is 24.7 Å². The summed E-state index contributed by atoms with van der Waals surface area (Å²) in [7, 11) is 0. The molecule has 31 heavy (non-hydrogen) atoms. The number of piperidine rings is 1. The third kappa shape index (κ3) is 5.44. The van der Waals surface area contributed by atoms with Crippen LogP contribution in [-0.4, -0.2) is 46.7 Å². The van der Waals surface area contributed by atoms with Crippen molar-refractivity contribution in [3.05, 3.63) is 42.9 Å². The highest BCUT2D eigenvalue weighted by Gasteiger charge is 2.31. The molecule has 1 aliphatic rings. The standard InChI is InChI=1S/C21H22F3N5O2/c22-21(23,24)31-17-5-1-4-15(10-17)26-11-16(30)9-14-3-2-8-29(12-14)20-18-6-7-25-19(18)27-13-28-20/h1,4-7,10,13-14,26H,2-3,8-9,11-12H2,(H,25,27,28). The number of fused-ring (bicyclic) bond motifs is 1. The molecule has 10 heteroatoms. The number of alkyl halides is 3. The predicted octanol–water partition coefficient (Wildman–Crippen LogP) is 4.14. The first-order valence-corrected chi connectivity index (χ1v) is 10.0. The van der Waals surface area contributed by atoms with Crippen LogP contribution in [0.25, 0.3) is 11.0 Å². The molecule has 1 aromatic carbocycles. The first-order chi connectivity index (χ1) is 14.9. The highest BCUT2D eigenvalue weighted by molar-refractivity contribution is 5.87. The van der Waals surface area contributed by atoms with E-state index < -0.39 is 6.36 Å². The zero-order chi connectivity index (χ0) is 21.8. The van der Waals surface area contributed by atoms with Crippen molar-refractivity contribution in [1.29, 1.82) is 0 Å². The number of Topliss-reactive ketones (excluding diaryl/α,β-unsaturated/α-hetero) is 1. The van der Waals surface area contributed by atoms with Gasteiger partial charge in [0.1, 0.15) is 23.5 Å². The summed E-state index contributed by atoms with van der Waals surface area (Å²) in [6, 6.07) is 7.42. The number of benzene rings is 1. The van der Waals surface area contributed by atoms with Gasteiger partial charge in [-0.05, 0) is 37.0 Å². The molecule has 2 aromatic heterocycles. The molecule has 0 bridgehead atoms. The summed E-state index contributed by atoms with van der Waals surface area (Å²) in [5, 5.41) is 3.84. The molecular formula is C21H22F3N5O2. The zero-order valence-electron chi connectivity index (χ0n) is 16.7. The van der Waals surface area contributed by atoms with Crippen molar-refractivity contribution in [1.82, 2.24) is 15.0 Å². The number of nitrogens with zero attached hydrogens (tertiary/aromatic N) is 3. The number of hydrogen-bond donors (Lipinski definition) is 2. The smallest absolute Gasteiger partial charge is 0.406 e. The van der Waals surface area contributed by atoms with Gasteiger partial charge in [-0.1, -0.05) is 6.07 Å². The lowest BCUT2D eigenvalue weighted by Gasteiger charge is -2.33. The minimum absolute atomic E-state index is 0.00321. The molecule has 1 unspecified atom stereocenters. The monoisotopic (exact) mass is 433 g/mol. The normalized spacial score (nSPS) is 17.0. The maximum Gasteiger partial charge on any atom is 0.573 e. The van der Waals surface area contributed by atoms with Gasteiger partial charge in [-0.2, -0.15) is 0 Å². The quantitative estimate of drug-likeness (QED) is 0.583. The molecule has 3 heterocycles. The summed E-state index contributed by atoms with van der Waals surface area (Å²) in [6.45, 7) is 1.63. The van der Waals surface area contributed by atoms with Crippen LogP contribution in [0.1, 0.15) is 19.3 Å². The zero-order valence-corrected chi connectivity index (χ0v) is 16.7. The Balaban J connectivity index is 1.32. The molecule has 0 spiro atoms. The Morgan fingerprint density at radius 3 is 3.00 bits per heavy atom. The SMILES string of the molecule is O=C(CNc1cccc(OC(F)(F)F)c1)CC1CCCN(c2ncnc3[nH]ccc23)C1. The number of hydrogen-bond acceptors (Lipinski definition) is 6. The van der Waals surface area contributed by atoms with E-state index in [1.807, 2.05) is 12.3 Å². The van der Waals surface area contributed by atoms with Crippen molar-refractivity contribution >= 4 is 28.3 Å². The van der Waals surface area contributed by atoms with Gasteiger partial charge < -0.3 is 19.9 Å². The van der Waals surface area contributed by atoms with Gasteiger partial charge in [0, 0.05) is 37.5 Å². The number of anilines is 2. The largest absolute Gasteiger partial charge is 0.573 e. The molecule has 1 aliphatic heterocycles. The van der Waals surface area contributed by atoms with Crippen molar-refractivity contribution in [3.63, 3.8) is 0 Å². The Bertz CT molecular complexity index is 1050. The van der Waals surface area contributed by atoms with E-state index in [4.69, 9.17) is 0 Å². The third-order valence-corrected chi connectivity index (χ3v) is 5.23. The Morgan fingerprint density at radius 2 is 2.16 bits per heavy atom. The summed E-state index contributed by atoms with van der Waals surface area (Å²) in [5.74, 6) is 0.729. The van der Waals surface area contributed by atoms with Crippen LogP contribution in [0, 0.1) is 5.92 Å². The first-order valence-electron chi connectivity index (χ1n) is 10.0. The fourth-order valence-electron chi connectivity index (χ4n) is 3.93. The topological polar surface area (TPSA) is 83.1 Å². The molecule has 0 radical (unpaired) electrons. The van der Waals surface area contributed by atoms with E-state index in [9.17, 15) is 18.0 Å². The average molecular weight is 433 g/mol. The molecule has 1 fully saturated rings. The highest BCUT2D eigenvalue weighted by Crippen LogP contribution is 2.29. The number of ether oxygens (including phenoxy) is 1. The van der Waals surface area contributed by atoms with Gasteiger partial charge in [0.25, 0.3) is 0 Å². The van der Waals surface area contributed by atoms with Crippen LogP contribution in [0.5, 0.6) is 5.75 Å². The number of carbonyl (C=O) groups is 1. The van der Waals surface area contributed by atoms with Gasteiger partial charge in [0.05, 0.1) is 11.9 Å². The molecule has 164 valence electrons. The van der Waals surface area contributed by atoms with Crippen LogP contribution in [0.15, 0.2) is 42.9 Å². The average Bonchev–Trinajstić information content (AvgIpc) is 3.20. The number of nitrogens with one attached hydrogen (secondary N) is 2. The third-order valence-electron chi connectivity index (χ3n) is 5.23. The van der Waals surface area contributed by atoms with E-state index in [1.165, 1.54) is 24.5 Å². The summed E-state index contributed by atoms with van der Waals surface area (Å²) in [4.78, 5) is 26.4. The van der Waals surface area contributed by atoms with Crippen LogP contribution in [-0.2, 0) is 4.79 Å². The molecule has 0 saturated carbocycles. The molecule has 2 N–H and O–H groups in total. The summed E-state index contributed by atoms with van der Waals surface area (Å²) >= 11 is 0. The minimum atomic E-state index is -4.75. The van der Waals surface area contributed by atoms with Gasteiger partial charge in [0.2, 0.25) is 0 Å². The van der Waals surface area contributed by atoms with Gasteiger partial charge >= 0.3 is 6.36 Å². The van der Waals surface area contributed by atoms with E-state index >= 15 is 0 Å². The van der Waals surface area contributed by atoms with Crippen molar-refractivity contribution in [3.8, 4) is 5.75 Å². The lowest BCUT2D eigenvalue weighted by molar-refractivity contribution is -0.274. The van der Waals surface area contributed by atoms with E-state index in [0.29, 0.717) is 12.1 Å². The van der Waals surface area contributed by atoms with Crippen LogP contribution < -0.4 is 15.0 Å². The Morgan fingerprint density at radius 1 is 1.29 bits per heavy atom. The van der Waals surface area contributed by atoms with Gasteiger partial charge in [-0.3, -0.25) is 4.79 Å². The van der Waals surface area contributed by atoms with Crippen molar-refractivity contribution in [2.24, 2.45) is 5.92 Å². The number of H-pyrrole nitrogens is 1. The number of carbonyl (C=O) groups excluding carboxylic acids is 1. The van der Waals surface area contributed by atoms with Gasteiger partial charge in [-0.15, -0.1) is 13.2 Å². The number of rotatable bonds is 7. The highest BCUT2D eigenvalue weighted by atomic mass is 19.4. The van der Waals surface area contributed by atoms with E-state index in [1.54, 1.807) is 6.07 Å². The molecule has 0 amide bonds. The maximum absolute atomic E-state index is 12.5. The van der Waals surface area contributed by atoms with Crippen molar-refractivity contribution in [2.75, 3.05) is 29.9 Å².